The van der Waals surface area contributed by atoms with Crippen molar-refractivity contribution in [3.8, 4) is 5.75 Å². The maximum absolute atomic E-state index is 13.8. The van der Waals surface area contributed by atoms with Crippen LogP contribution in [0.25, 0.3) is 11.3 Å². The Kier molecular flexibility index (Phi) is 5.52. The van der Waals surface area contributed by atoms with E-state index in [9.17, 15) is 9.59 Å². The van der Waals surface area contributed by atoms with Crippen molar-refractivity contribution >= 4 is 22.9 Å². The molecule has 0 saturated carbocycles. The molecule has 0 N–H and O–H groups in total. The minimum absolute atomic E-state index is 0.122. The molecule has 0 aromatic heterocycles. The fourth-order valence-corrected chi connectivity index (χ4v) is 3.90. The number of carbonyl (C=O) groups is 2. The lowest BCUT2D eigenvalue weighted by atomic mass is 9.87. The van der Waals surface area contributed by atoms with Crippen LogP contribution in [0, 0.1) is 0 Å². The number of rotatable bonds is 5. The van der Waals surface area contributed by atoms with Crippen LogP contribution in [0.15, 0.2) is 127 Å². The molecule has 0 radical (unpaired) electrons. The highest BCUT2D eigenvalue weighted by Crippen LogP contribution is 2.39. The van der Waals surface area contributed by atoms with Gasteiger partial charge in [-0.2, -0.15) is 0 Å². The number of fused-ring (bicyclic) bond motifs is 1. The van der Waals surface area contributed by atoms with Gasteiger partial charge < -0.3 is 4.74 Å². The molecule has 3 heteroatoms. The van der Waals surface area contributed by atoms with Gasteiger partial charge in [0.15, 0.2) is 11.6 Å². The quantitative estimate of drug-likeness (QED) is 0.155. The number of benzene rings is 4. The fourth-order valence-electron chi connectivity index (χ4n) is 3.90. The first-order valence-electron chi connectivity index (χ1n) is 10.7. The van der Waals surface area contributed by atoms with E-state index in [1.165, 1.54) is 0 Å². The molecule has 1 aliphatic rings. The maximum atomic E-state index is 13.8. The summed E-state index contributed by atoms with van der Waals surface area (Å²) >= 11 is 0. The van der Waals surface area contributed by atoms with E-state index in [0.717, 1.165) is 5.56 Å². The molecule has 0 aliphatic carbocycles. The molecule has 0 atom stereocenters. The van der Waals surface area contributed by atoms with Crippen molar-refractivity contribution in [2.24, 2.45) is 0 Å². The molecular weight excluding hydrogens is 408 g/mol. The first-order valence-corrected chi connectivity index (χ1v) is 10.7. The summed E-state index contributed by atoms with van der Waals surface area (Å²) < 4.78 is 6.17. The van der Waals surface area contributed by atoms with E-state index in [-0.39, 0.29) is 17.1 Å². The molecule has 3 nitrogen and oxygen atoms in total. The van der Waals surface area contributed by atoms with Crippen molar-refractivity contribution in [3.05, 3.63) is 149 Å². The lowest BCUT2D eigenvalue weighted by molar-refractivity contribution is 0.0964. The molecule has 0 unspecified atom stereocenters. The lowest BCUT2D eigenvalue weighted by Crippen LogP contribution is -2.17. The van der Waals surface area contributed by atoms with E-state index in [1.54, 1.807) is 54.6 Å². The van der Waals surface area contributed by atoms with Gasteiger partial charge in [0.2, 0.25) is 0 Å². The Morgan fingerprint density at radius 1 is 0.545 bits per heavy atom. The van der Waals surface area contributed by atoms with Crippen LogP contribution in [-0.2, 0) is 0 Å². The number of ketones is 2. The average molecular weight is 428 g/mol. The van der Waals surface area contributed by atoms with Crippen molar-refractivity contribution in [2.75, 3.05) is 0 Å². The van der Waals surface area contributed by atoms with Crippen LogP contribution in [0.3, 0.4) is 0 Å². The molecule has 0 bridgehead atoms. The minimum atomic E-state index is -0.320. The molecule has 158 valence electrons. The van der Waals surface area contributed by atoms with Crippen LogP contribution in [0.2, 0.25) is 0 Å². The van der Waals surface area contributed by atoms with Gasteiger partial charge in [0.05, 0.1) is 5.57 Å². The molecule has 0 amide bonds. The van der Waals surface area contributed by atoms with Crippen LogP contribution in [0.5, 0.6) is 5.75 Å². The van der Waals surface area contributed by atoms with Crippen LogP contribution in [0.1, 0.15) is 31.8 Å². The van der Waals surface area contributed by atoms with Crippen LogP contribution < -0.4 is 4.74 Å². The van der Waals surface area contributed by atoms with Gasteiger partial charge in [0, 0.05) is 27.8 Å². The molecule has 1 aliphatic heterocycles. The van der Waals surface area contributed by atoms with Gasteiger partial charge in [0.25, 0.3) is 0 Å². The first-order chi connectivity index (χ1) is 16.2. The first kappa shape index (κ1) is 20.4. The van der Waals surface area contributed by atoms with E-state index >= 15 is 0 Å². The Balaban J connectivity index is 1.79. The number of hydrogen-bond acceptors (Lipinski definition) is 3. The van der Waals surface area contributed by atoms with Crippen LogP contribution in [0.4, 0.5) is 0 Å². The van der Waals surface area contributed by atoms with Gasteiger partial charge in [-0.25, -0.2) is 0 Å². The van der Waals surface area contributed by atoms with Gasteiger partial charge in [-0.05, 0) is 12.1 Å². The van der Waals surface area contributed by atoms with Crippen molar-refractivity contribution < 1.29 is 14.3 Å². The number of hydrogen-bond donors (Lipinski definition) is 0. The second-order valence-corrected chi connectivity index (χ2v) is 7.65. The second kappa shape index (κ2) is 8.93. The number of ether oxygens (including phenoxy) is 1. The van der Waals surface area contributed by atoms with Crippen molar-refractivity contribution in [2.45, 2.75) is 0 Å². The van der Waals surface area contributed by atoms with Gasteiger partial charge in [-0.15, -0.1) is 0 Å². The summed E-state index contributed by atoms with van der Waals surface area (Å²) in [5, 5.41) is 0. The predicted molar refractivity (Wildman–Crippen MR) is 130 cm³/mol. The SMILES string of the molecule is O=C(C(C(=O)c1ccccc1)=C1C=C(c2ccccc2)Oc2ccccc21)c1ccccc1. The summed E-state index contributed by atoms with van der Waals surface area (Å²) in [5.74, 6) is 0.552. The number of para-hydroxylation sites is 1. The summed E-state index contributed by atoms with van der Waals surface area (Å²) in [6.45, 7) is 0. The molecular formula is C30H20O3. The highest BCUT2D eigenvalue weighted by Gasteiger charge is 2.29. The summed E-state index contributed by atoms with van der Waals surface area (Å²) in [5.41, 5.74) is 3.17. The Bertz CT molecular complexity index is 1330. The molecule has 5 rings (SSSR count). The van der Waals surface area contributed by atoms with Crippen LogP contribution >= 0.6 is 0 Å². The van der Waals surface area contributed by atoms with Gasteiger partial charge in [0.1, 0.15) is 11.5 Å². The van der Waals surface area contributed by atoms with Gasteiger partial charge >= 0.3 is 0 Å². The maximum Gasteiger partial charge on any atom is 0.197 e. The topological polar surface area (TPSA) is 43.4 Å². The zero-order chi connectivity index (χ0) is 22.6. The Labute approximate surface area is 192 Å². The molecule has 4 aromatic carbocycles. The molecule has 33 heavy (non-hydrogen) atoms. The smallest absolute Gasteiger partial charge is 0.197 e. The van der Waals surface area contributed by atoms with Gasteiger partial charge in [-0.1, -0.05) is 109 Å². The highest BCUT2D eigenvalue weighted by molar-refractivity contribution is 6.35. The Morgan fingerprint density at radius 3 is 1.61 bits per heavy atom. The van der Waals surface area contributed by atoms with E-state index < -0.39 is 0 Å². The molecule has 4 aromatic rings. The van der Waals surface area contributed by atoms with E-state index in [4.69, 9.17) is 4.74 Å². The zero-order valence-corrected chi connectivity index (χ0v) is 17.8. The summed E-state index contributed by atoms with van der Waals surface area (Å²) in [4.78, 5) is 27.5. The second-order valence-electron chi connectivity index (χ2n) is 7.65. The summed E-state index contributed by atoms with van der Waals surface area (Å²) in [6, 6.07) is 34.9. The van der Waals surface area contributed by atoms with E-state index in [1.807, 2.05) is 66.7 Å². The summed E-state index contributed by atoms with van der Waals surface area (Å²) in [6.07, 6.45) is 1.80. The largest absolute Gasteiger partial charge is 0.456 e. The predicted octanol–water partition coefficient (Wildman–Crippen LogP) is 6.64. The Hall–Kier alpha value is -4.50. The van der Waals surface area contributed by atoms with E-state index in [0.29, 0.717) is 33.8 Å². The third-order valence-electron chi connectivity index (χ3n) is 5.53. The summed E-state index contributed by atoms with van der Waals surface area (Å²) in [7, 11) is 0. The van der Waals surface area contributed by atoms with Crippen LogP contribution in [-0.4, -0.2) is 11.6 Å². The number of carbonyl (C=O) groups excluding carboxylic acids is 2. The van der Waals surface area contributed by atoms with Crippen molar-refractivity contribution in [1.29, 1.82) is 0 Å². The van der Waals surface area contributed by atoms with Crippen molar-refractivity contribution in [3.63, 3.8) is 0 Å². The van der Waals surface area contributed by atoms with Gasteiger partial charge in [-0.3, -0.25) is 9.59 Å². The number of Topliss-reactive ketones (excluding diaryl/α,β-unsaturated/α-hetero) is 2. The Morgan fingerprint density at radius 2 is 1.03 bits per heavy atom. The standard InChI is InChI=1S/C30H20O3/c31-29(22-14-6-2-7-15-22)28(30(32)23-16-8-3-9-17-23)25-20-27(21-12-4-1-5-13-21)33-26-19-11-10-18-24(25)26/h1-20H. The lowest BCUT2D eigenvalue weighted by Gasteiger charge is -2.22. The third kappa shape index (κ3) is 4.04. The monoisotopic (exact) mass is 428 g/mol. The molecule has 1 heterocycles. The third-order valence-corrected chi connectivity index (χ3v) is 5.53. The average Bonchev–Trinajstić information content (AvgIpc) is 2.90. The minimum Gasteiger partial charge on any atom is -0.456 e. The fraction of sp³-hybridized carbons (Fsp3) is 0. The number of allylic oxidation sites excluding steroid dienone is 3. The molecule has 0 spiro atoms. The highest BCUT2D eigenvalue weighted by atomic mass is 16.5. The van der Waals surface area contributed by atoms with Crippen molar-refractivity contribution in [1.82, 2.24) is 0 Å². The normalized spacial score (nSPS) is 12.2. The molecule has 0 fully saturated rings. The zero-order valence-electron chi connectivity index (χ0n) is 17.8. The van der Waals surface area contributed by atoms with E-state index in [2.05, 4.69) is 0 Å². The molecule has 0 saturated heterocycles.